The highest BCUT2D eigenvalue weighted by Crippen LogP contribution is 2.41. The summed E-state index contributed by atoms with van der Waals surface area (Å²) in [7, 11) is -1.01. The van der Waals surface area contributed by atoms with E-state index in [2.05, 4.69) is 18.9 Å². The van der Waals surface area contributed by atoms with Gasteiger partial charge in [-0.3, -0.25) is 9.05 Å². The predicted octanol–water partition coefficient (Wildman–Crippen LogP) is 3.00. The van der Waals surface area contributed by atoms with E-state index < -0.39 is 13.8 Å². The molecular weight excluding hydrogens is 255 g/mol. The number of amides is 2. The van der Waals surface area contributed by atoms with Gasteiger partial charge in [0.1, 0.15) is 0 Å². The molecule has 0 rings (SSSR count). The van der Waals surface area contributed by atoms with E-state index in [-0.39, 0.29) is 0 Å². The molecule has 0 saturated carbocycles. The van der Waals surface area contributed by atoms with Gasteiger partial charge in [0.25, 0.3) is 0 Å². The smallest absolute Gasteiger partial charge is 0.324 e. The molecule has 0 atom stereocenters. The van der Waals surface area contributed by atoms with Crippen molar-refractivity contribution in [2.75, 3.05) is 27.3 Å². The van der Waals surface area contributed by atoms with Crippen molar-refractivity contribution in [1.82, 2.24) is 9.99 Å². The first-order valence-corrected chi connectivity index (χ1v) is 7.85. The molecule has 0 aromatic heterocycles. The van der Waals surface area contributed by atoms with Gasteiger partial charge in [-0.15, -0.1) is 0 Å². The lowest BCUT2D eigenvalue weighted by Crippen LogP contribution is -2.40. The van der Waals surface area contributed by atoms with Crippen LogP contribution in [0.25, 0.3) is 0 Å². The zero-order chi connectivity index (χ0) is 14.0. The molecule has 0 saturated heterocycles. The monoisotopic (exact) mass is 280 g/mol. The number of rotatable bonds is 9. The fourth-order valence-corrected chi connectivity index (χ4v) is 2.07. The van der Waals surface area contributed by atoms with Gasteiger partial charge >= 0.3 is 13.8 Å². The minimum absolute atomic E-state index is 0.399. The van der Waals surface area contributed by atoms with Crippen LogP contribution in [-0.2, 0) is 13.6 Å². The standard InChI is InChI=1S/C11H25N2O4P/c1-5-7-9-13(10-8-6-2)11(14)12-18(15,16-3)17-4/h5-10H2,1-4H3,(H,12,14,15). The Labute approximate surface area is 110 Å². The van der Waals surface area contributed by atoms with Gasteiger partial charge in [-0.2, -0.15) is 0 Å². The molecule has 0 unspecified atom stereocenters. The number of hydrogen-bond donors (Lipinski definition) is 1. The molecule has 0 aromatic carbocycles. The van der Waals surface area contributed by atoms with Crippen molar-refractivity contribution in [2.24, 2.45) is 0 Å². The Morgan fingerprint density at radius 1 is 1.11 bits per heavy atom. The highest BCUT2D eigenvalue weighted by atomic mass is 31.2. The third-order valence-electron chi connectivity index (χ3n) is 2.56. The van der Waals surface area contributed by atoms with Gasteiger partial charge in [0.15, 0.2) is 0 Å². The number of unbranched alkanes of at least 4 members (excludes halogenated alkanes) is 2. The van der Waals surface area contributed by atoms with E-state index in [1.54, 1.807) is 4.90 Å². The van der Waals surface area contributed by atoms with Crippen LogP contribution in [0.2, 0.25) is 0 Å². The normalized spacial score (nSPS) is 11.3. The number of urea groups is 1. The molecule has 0 bridgehead atoms. The van der Waals surface area contributed by atoms with Crippen LogP contribution < -0.4 is 5.09 Å². The first-order valence-electron chi connectivity index (χ1n) is 6.31. The van der Waals surface area contributed by atoms with Crippen LogP contribution in [0.15, 0.2) is 0 Å². The highest BCUT2D eigenvalue weighted by Gasteiger charge is 2.26. The average molecular weight is 280 g/mol. The first kappa shape index (κ1) is 17.4. The minimum atomic E-state index is -3.50. The second-order valence-electron chi connectivity index (χ2n) is 3.97. The number of hydrogen-bond acceptors (Lipinski definition) is 4. The molecule has 108 valence electrons. The Morgan fingerprint density at radius 3 is 1.89 bits per heavy atom. The van der Waals surface area contributed by atoms with Gasteiger partial charge in [-0.1, -0.05) is 26.7 Å². The van der Waals surface area contributed by atoms with Crippen LogP contribution in [-0.4, -0.2) is 38.2 Å². The molecule has 18 heavy (non-hydrogen) atoms. The second-order valence-corrected chi connectivity index (χ2v) is 5.92. The molecule has 0 aliphatic rings. The summed E-state index contributed by atoms with van der Waals surface area (Å²) in [6.45, 7) is 5.42. The summed E-state index contributed by atoms with van der Waals surface area (Å²) in [6.07, 6.45) is 3.84. The summed E-state index contributed by atoms with van der Waals surface area (Å²) in [5.74, 6) is 0. The van der Waals surface area contributed by atoms with Crippen molar-refractivity contribution in [3.05, 3.63) is 0 Å². The van der Waals surface area contributed by atoms with Crippen molar-refractivity contribution >= 4 is 13.8 Å². The second kappa shape index (κ2) is 9.36. The van der Waals surface area contributed by atoms with Crippen molar-refractivity contribution < 1.29 is 18.4 Å². The van der Waals surface area contributed by atoms with Crippen LogP contribution in [0, 0.1) is 0 Å². The topological polar surface area (TPSA) is 67.9 Å². The van der Waals surface area contributed by atoms with E-state index in [1.807, 2.05) is 0 Å². The minimum Gasteiger partial charge on any atom is -0.324 e. The van der Waals surface area contributed by atoms with Gasteiger partial charge < -0.3 is 4.90 Å². The number of carbonyl (C=O) groups is 1. The summed E-state index contributed by atoms with van der Waals surface area (Å²) < 4.78 is 21.2. The predicted molar refractivity (Wildman–Crippen MR) is 71.5 cm³/mol. The van der Waals surface area contributed by atoms with E-state index in [1.165, 1.54) is 14.2 Å². The van der Waals surface area contributed by atoms with Gasteiger partial charge in [-0.25, -0.2) is 14.4 Å². The van der Waals surface area contributed by atoms with E-state index >= 15 is 0 Å². The maximum absolute atomic E-state index is 12.0. The Balaban J connectivity index is 4.48. The fraction of sp³-hybridized carbons (Fsp3) is 0.909. The zero-order valence-corrected chi connectivity index (χ0v) is 12.7. The van der Waals surface area contributed by atoms with Crippen LogP contribution in [0.1, 0.15) is 39.5 Å². The molecule has 0 fully saturated rings. The molecule has 0 radical (unpaired) electrons. The van der Waals surface area contributed by atoms with E-state index in [9.17, 15) is 9.36 Å². The summed E-state index contributed by atoms with van der Waals surface area (Å²) in [4.78, 5) is 13.6. The Hall–Kier alpha value is -0.580. The third-order valence-corrected chi connectivity index (χ3v) is 3.99. The molecular formula is C11H25N2O4P. The largest absolute Gasteiger partial charge is 0.435 e. The van der Waals surface area contributed by atoms with Crippen LogP contribution in [0.4, 0.5) is 4.79 Å². The number of carbonyl (C=O) groups excluding carboxylic acids is 1. The summed E-state index contributed by atoms with van der Waals surface area (Å²) in [5, 5.41) is 2.31. The molecule has 0 spiro atoms. The van der Waals surface area contributed by atoms with Gasteiger partial charge in [0.2, 0.25) is 0 Å². The van der Waals surface area contributed by atoms with Crippen LogP contribution in [0.5, 0.6) is 0 Å². The zero-order valence-electron chi connectivity index (χ0n) is 11.8. The van der Waals surface area contributed by atoms with E-state index in [0.717, 1.165) is 25.7 Å². The van der Waals surface area contributed by atoms with Crippen molar-refractivity contribution in [3.8, 4) is 0 Å². The molecule has 6 nitrogen and oxygen atoms in total. The number of nitrogens with zero attached hydrogens (tertiary/aromatic N) is 1. The van der Waals surface area contributed by atoms with Crippen molar-refractivity contribution in [1.29, 1.82) is 0 Å². The maximum atomic E-state index is 12.0. The molecule has 2 amide bonds. The Morgan fingerprint density at radius 2 is 1.56 bits per heavy atom. The van der Waals surface area contributed by atoms with E-state index in [0.29, 0.717) is 13.1 Å². The van der Waals surface area contributed by atoms with Gasteiger partial charge in [0, 0.05) is 27.3 Å². The average Bonchev–Trinajstić information content (AvgIpc) is 2.38. The van der Waals surface area contributed by atoms with E-state index in [4.69, 9.17) is 9.05 Å². The van der Waals surface area contributed by atoms with Gasteiger partial charge in [-0.05, 0) is 12.8 Å². The molecule has 0 aromatic rings. The lowest BCUT2D eigenvalue weighted by atomic mass is 10.3. The summed E-state index contributed by atoms with van der Waals surface area (Å²) in [6, 6.07) is -0.399. The molecule has 0 aliphatic heterocycles. The highest BCUT2D eigenvalue weighted by molar-refractivity contribution is 7.52. The SMILES string of the molecule is CCCCN(CCCC)C(=O)NP(=O)(OC)OC. The van der Waals surface area contributed by atoms with Crippen LogP contribution >= 0.6 is 7.75 Å². The molecule has 7 heteroatoms. The van der Waals surface area contributed by atoms with Gasteiger partial charge in [0.05, 0.1) is 0 Å². The van der Waals surface area contributed by atoms with Crippen molar-refractivity contribution in [3.63, 3.8) is 0 Å². The maximum Gasteiger partial charge on any atom is 0.435 e. The summed E-state index contributed by atoms with van der Waals surface area (Å²) >= 11 is 0. The molecule has 0 aliphatic carbocycles. The fourth-order valence-electron chi connectivity index (χ4n) is 1.37. The Kier molecular flexibility index (Phi) is 9.06. The summed E-state index contributed by atoms with van der Waals surface area (Å²) in [5.41, 5.74) is 0. The molecule has 1 N–H and O–H groups in total. The van der Waals surface area contributed by atoms with Crippen LogP contribution in [0.3, 0.4) is 0 Å². The lowest BCUT2D eigenvalue weighted by molar-refractivity contribution is 0.194. The Bertz CT molecular complexity index is 270. The number of nitrogens with one attached hydrogen (secondary N) is 1. The lowest BCUT2D eigenvalue weighted by Gasteiger charge is -2.24. The molecule has 0 heterocycles. The first-order chi connectivity index (χ1) is 8.52. The quantitative estimate of drug-likeness (QED) is 0.659. The van der Waals surface area contributed by atoms with Crippen molar-refractivity contribution in [2.45, 2.75) is 39.5 Å². The third kappa shape index (κ3) is 6.38.